The topological polar surface area (TPSA) is 66.3 Å². The van der Waals surface area contributed by atoms with E-state index in [4.69, 9.17) is 4.74 Å². The summed E-state index contributed by atoms with van der Waals surface area (Å²) in [5.74, 6) is 1.49. The van der Waals surface area contributed by atoms with Crippen molar-refractivity contribution in [2.45, 2.75) is 25.8 Å². The molecule has 20 heavy (non-hydrogen) atoms. The van der Waals surface area contributed by atoms with Gasteiger partial charge in [0.25, 0.3) is 5.91 Å². The van der Waals surface area contributed by atoms with Crippen LogP contribution in [0, 0.1) is 0 Å². The number of fused-ring (bicyclic) bond motifs is 1. The Morgan fingerprint density at radius 1 is 1.40 bits per heavy atom. The van der Waals surface area contributed by atoms with Gasteiger partial charge in [-0.1, -0.05) is 6.92 Å². The molecule has 1 atom stereocenters. The number of nitrogens with one attached hydrogen (secondary N) is 1. The average Bonchev–Trinajstić information content (AvgIpc) is 2.94. The number of hydrogen-bond acceptors (Lipinski definition) is 5. The first kappa shape index (κ1) is 12.7. The van der Waals surface area contributed by atoms with Gasteiger partial charge in [-0.25, -0.2) is 10.4 Å². The number of benzene rings is 1. The number of hydrogen-bond donors (Lipinski definition) is 1. The number of hydrazone groups is 2. The van der Waals surface area contributed by atoms with E-state index in [0.29, 0.717) is 6.42 Å². The monoisotopic (exact) mass is 272 g/mol. The van der Waals surface area contributed by atoms with Crippen molar-refractivity contribution in [1.82, 2.24) is 10.4 Å². The maximum atomic E-state index is 11.9. The minimum Gasteiger partial charge on any atom is -0.497 e. The Morgan fingerprint density at radius 3 is 2.80 bits per heavy atom. The number of amidine groups is 1. The molecule has 2 aliphatic heterocycles. The van der Waals surface area contributed by atoms with Gasteiger partial charge in [0.15, 0.2) is 0 Å². The SMILES string of the molecule is CCC1=NNC(=O)C2CC(c3ccc(OC)cc3)=NN12. The molecule has 0 radical (unpaired) electrons. The Kier molecular flexibility index (Phi) is 3.14. The molecule has 0 aromatic heterocycles. The number of methoxy groups -OCH3 is 1. The third-order valence-electron chi connectivity index (χ3n) is 3.51. The zero-order valence-electron chi connectivity index (χ0n) is 11.5. The van der Waals surface area contributed by atoms with E-state index in [0.717, 1.165) is 29.3 Å². The fraction of sp³-hybridized carbons (Fsp3) is 0.357. The molecule has 1 N–H and O–H groups in total. The van der Waals surface area contributed by atoms with Gasteiger partial charge in [0.1, 0.15) is 17.6 Å². The molecular weight excluding hydrogens is 256 g/mol. The third kappa shape index (κ3) is 2.03. The minimum absolute atomic E-state index is 0.102. The predicted octanol–water partition coefficient (Wildman–Crippen LogP) is 1.33. The lowest BCUT2D eigenvalue weighted by Crippen LogP contribution is -2.48. The van der Waals surface area contributed by atoms with Crippen molar-refractivity contribution < 1.29 is 9.53 Å². The third-order valence-corrected chi connectivity index (χ3v) is 3.51. The van der Waals surface area contributed by atoms with E-state index in [1.807, 2.05) is 31.2 Å². The van der Waals surface area contributed by atoms with Crippen LogP contribution in [0.5, 0.6) is 5.75 Å². The van der Waals surface area contributed by atoms with Crippen molar-refractivity contribution >= 4 is 17.5 Å². The van der Waals surface area contributed by atoms with Crippen molar-refractivity contribution in [2.24, 2.45) is 10.2 Å². The van der Waals surface area contributed by atoms with Gasteiger partial charge in [-0.15, -0.1) is 0 Å². The summed E-state index contributed by atoms with van der Waals surface area (Å²) < 4.78 is 5.14. The number of carbonyl (C=O) groups is 1. The van der Waals surface area contributed by atoms with Gasteiger partial charge in [0, 0.05) is 12.8 Å². The molecule has 0 spiro atoms. The van der Waals surface area contributed by atoms with Gasteiger partial charge in [-0.3, -0.25) is 4.79 Å². The summed E-state index contributed by atoms with van der Waals surface area (Å²) in [6.45, 7) is 1.99. The van der Waals surface area contributed by atoms with E-state index in [2.05, 4.69) is 15.6 Å². The van der Waals surface area contributed by atoms with Gasteiger partial charge in [0.2, 0.25) is 0 Å². The first-order chi connectivity index (χ1) is 9.72. The summed E-state index contributed by atoms with van der Waals surface area (Å²) in [4.78, 5) is 11.9. The van der Waals surface area contributed by atoms with Crippen LogP contribution in [-0.2, 0) is 4.79 Å². The predicted molar refractivity (Wildman–Crippen MR) is 75.6 cm³/mol. The number of amides is 1. The fourth-order valence-corrected chi connectivity index (χ4v) is 2.40. The zero-order valence-corrected chi connectivity index (χ0v) is 11.5. The highest BCUT2D eigenvalue weighted by Crippen LogP contribution is 2.24. The molecule has 1 aromatic rings. The van der Waals surface area contributed by atoms with Crippen LogP contribution < -0.4 is 10.2 Å². The van der Waals surface area contributed by atoms with Gasteiger partial charge < -0.3 is 4.74 Å². The van der Waals surface area contributed by atoms with Crippen molar-refractivity contribution in [3.8, 4) is 5.75 Å². The highest BCUT2D eigenvalue weighted by Gasteiger charge is 2.37. The summed E-state index contributed by atoms with van der Waals surface area (Å²) in [5.41, 5.74) is 4.46. The first-order valence-corrected chi connectivity index (χ1v) is 6.60. The quantitative estimate of drug-likeness (QED) is 0.902. The van der Waals surface area contributed by atoms with Crippen LogP contribution in [0.2, 0.25) is 0 Å². The zero-order chi connectivity index (χ0) is 14.1. The second-order valence-corrected chi connectivity index (χ2v) is 4.70. The summed E-state index contributed by atoms with van der Waals surface area (Å²) >= 11 is 0. The molecule has 0 saturated heterocycles. The largest absolute Gasteiger partial charge is 0.497 e. The number of rotatable bonds is 3. The minimum atomic E-state index is -0.278. The van der Waals surface area contributed by atoms with Crippen LogP contribution in [0.15, 0.2) is 34.5 Å². The molecule has 6 nitrogen and oxygen atoms in total. The molecular formula is C14H16N4O2. The molecule has 3 rings (SSSR count). The second-order valence-electron chi connectivity index (χ2n) is 4.70. The van der Waals surface area contributed by atoms with Crippen LogP contribution in [0.25, 0.3) is 0 Å². The fourth-order valence-electron chi connectivity index (χ4n) is 2.40. The Morgan fingerprint density at radius 2 is 2.15 bits per heavy atom. The van der Waals surface area contributed by atoms with Crippen LogP contribution in [0.3, 0.4) is 0 Å². The molecule has 1 unspecified atom stereocenters. The average molecular weight is 272 g/mol. The lowest BCUT2D eigenvalue weighted by Gasteiger charge is -2.26. The Labute approximate surface area is 117 Å². The lowest BCUT2D eigenvalue weighted by atomic mass is 10.0. The molecule has 0 aliphatic carbocycles. The van der Waals surface area contributed by atoms with E-state index in [-0.39, 0.29) is 11.9 Å². The Bertz CT molecular complexity index is 592. The Hall–Kier alpha value is -2.37. The molecule has 104 valence electrons. The molecule has 0 bridgehead atoms. The summed E-state index contributed by atoms with van der Waals surface area (Å²) in [6, 6.07) is 7.42. The molecule has 2 aliphatic rings. The molecule has 1 amide bonds. The van der Waals surface area contributed by atoms with E-state index < -0.39 is 0 Å². The highest BCUT2D eigenvalue weighted by atomic mass is 16.5. The lowest BCUT2D eigenvalue weighted by molar-refractivity contribution is -0.125. The van der Waals surface area contributed by atoms with Crippen LogP contribution in [0.1, 0.15) is 25.3 Å². The summed E-state index contributed by atoms with van der Waals surface area (Å²) in [6.07, 6.45) is 1.33. The van der Waals surface area contributed by atoms with Crippen LogP contribution in [0.4, 0.5) is 0 Å². The smallest absolute Gasteiger partial charge is 0.265 e. The second kappa shape index (κ2) is 4.96. The number of ether oxygens (including phenoxy) is 1. The standard InChI is InChI=1S/C14H16N4O2/c1-3-13-15-16-14(19)12-8-11(17-18(12)13)9-4-6-10(20-2)7-5-9/h4-7,12H,3,8H2,1-2H3,(H,16,19). The number of carbonyl (C=O) groups excluding carboxylic acids is 1. The van der Waals surface area contributed by atoms with E-state index in [1.54, 1.807) is 12.1 Å². The van der Waals surface area contributed by atoms with Gasteiger partial charge in [0.05, 0.1) is 12.8 Å². The van der Waals surface area contributed by atoms with Crippen molar-refractivity contribution in [3.05, 3.63) is 29.8 Å². The number of nitrogens with zero attached hydrogens (tertiary/aromatic N) is 3. The maximum absolute atomic E-state index is 11.9. The van der Waals surface area contributed by atoms with E-state index in [9.17, 15) is 4.79 Å². The molecule has 1 aromatic carbocycles. The normalized spacial score (nSPS) is 21.0. The highest BCUT2D eigenvalue weighted by molar-refractivity contribution is 6.08. The van der Waals surface area contributed by atoms with Crippen molar-refractivity contribution in [1.29, 1.82) is 0 Å². The van der Waals surface area contributed by atoms with Crippen LogP contribution >= 0.6 is 0 Å². The van der Waals surface area contributed by atoms with Crippen molar-refractivity contribution in [3.63, 3.8) is 0 Å². The molecule has 0 fully saturated rings. The van der Waals surface area contributed by atoms with Gasteiger partial charge >= 0.3 is 0 Å². The van der Waals surface area contributed by atoms with Gasteiger partial charge in [-0.05, 0) is 29.8 Å². The molecule has 6 heteroatoms. The van der Waals surface area contributed by atoms with E-state index >= 15 is 0 Å². The Balaban J connectivity index is 1.89. The first-order valence-electron chi connectivity index (χ1n) is 6.60. The van der Waals surface area contributed by atoms with E-state index in [1.165, 1.54) is 0 Å². The molecule has 0 saturated carbocycles. The van der Waals surface area contributed by atoms with Gasteiger partial charge in [-0.2, -0.15) is 10.2 Å². The van der Waals surface area contributed by atoms with Crippen LogP contribution in [-0.4, -0.2) is 35.6 Å². The summed E-state index contributed by atoms with van der Waals surface area (Å²) in [5, 5.41) is 10.3. The summed E-state index contributed by atoms with van der Waals surface area (Å²) in [7, 11) is 1.64. The maximum Gasteiger partial charge on any atom is 0.265 e. The van der Waals surface area contributed by atoms with Crippen molar-refractivity contribution in [2.75, 3.05) is 7.11 Å². The molecule has 2 heterocycles.